The normalized spacial score (nSPS) is 10.8. The number of benzene rings is 1. The summed E-state index contributed by atoms with van der Waals surface area (Å²) in [6, 6.07) is 11.3. The Labute approximate surface area is 135 Å². The molecule has 1 heterocycles. The molecule has 2 rings (SSSR count). The molecule has 5 nitrogen and oxygen atoms in total. The Hall–Kier alpha value is -3.13. The van der Waals surface area contributed by atoms with Crippen molar-refractivity contribution in [2.24, 2.45) is 0 Å². The van der Waals surface area contributed by atoms with Gasteiger partial charge in [0.15, 0.2) is 0 Å². The van der Waals surface area contributed by atoms with Crippen LogP contribution in [0.2, 0.25) is 0 Å². The molecule has 23 heavy (non-hydrogen) atoms. The van der Waals surface area contributed by atoms with Crippen molar-refractivity contribution in [1.82, 2.24) is 4.98 Å². The van der Waals surface area contributed by atoms with E-state index in [1.54, 1.807) is 6.20 Å². The molecule has 0 saturated carbocycles. The Morgan fingerprint density at radius 1 is 1.22 bits per heavy atom. The number of anilines is 2. The van der Waals surface area contributed by atoms with Crippen molar-refractivity contribution in [2.45, 2.75) is 20.8 Å². The van der Waals surface area contributed by atoms with Gasteiger partial charge in [-0.15, -0.1) is 0 Å². The van der Waals surface area contributed by atoms with Crippen LogP contribution in [-0.2, 0) is 4.79 Å². The molecule has 0 fully saturated rings. The Bertz CT molecular complexity index is 786. The second-order valence-electron chi connectivity index (χ2n) is 5.27. The number of hydrogen-bond donors (Lipinski definition) is 2. The molecule has 1 aromatic heterocycles. The summed E-state index contributed by atoms with van der Waals surface area (Å²) in [5.74, 6) is -0.452. The highest BCUT2D eigenvalue weighted by molar-refractivity contribution is 6.07. The molecule has 0 bridgehead atoms. The van der Waals surface area contributed by atoms with Gasteiger partial charge in [0, 0.05) is 17.6 Å². The lowest BCUT2D eigenvalue weighted by molar-refractivity contribution is -0.112. The summed E-state index contributed by atoms with van der Waals surface area (Å²) in [5, 5.41) is 14.8. The molecule has 5 heteroatoms. The van der Waals surface area contributed by atoms with Gasteiger partial charge in [-0.05, 0) is 44.5 Å². The number of carbonyl (C=O) groups excluding carboxylic acids is 1. The van der Waals surface area contributed by atoms with Crippen molar-refractivity contribution in [3.8, 4) is 6.07 Å². The Morgan fingerprint density at radius 3 is 2.61 bits per heavy atom. The molecular formula is C18H18N4O. The first-order valence-electron chi connectivity index (χ1n) is 7.17. The molecule has 1 amide bonds. The lowest BCUT2D eigenvalue weighted by Crippen LogP contribution is -2.15. The third-order valence-electron chi connectivity index (χ3n) is 3.29. The molecule has 0 aliphatic heterocycles. The molecular weight excluding hydrogens is 288 g/mol. The highest BCUT2D eigenvalue weighted by Gasteiger charge is 2.10. The van der Waals surface area contributed by atoms with E-state index in [2.05, 4.69) is 15.6 Å². The van der Waals surface area contributed by atoms with Crippen LogP contribution in [0.3, 0.4) is 0 Å². The molecule has 0 unspecified atom stereocenters. The van der Waals surface area contributed by atoms with Crippen LogP contribution in [0.15, 0.2) is 48.3 Å². The van der Waals surface area contributed by atoms with E-state index in [9.17, 15) is 10.1 Å². The molecule has 0 spiro atoms. The lowest BCUT2D eigenvalue weighted by atomic mass is 10.1. The van der Waals surface area contributed by atoms with E-state index in [-0.39, 0.29) is 5.57 Å². The fourth-order valence-electron chi connectivity index (χ4n) is 2.00. The van der Waals surface area contributed by atoms with Crippen LogP contribution >= 0.6 is 0 Å². The largest absolute Gasteiger partial charge is 0.359 e. The van der Waals surface area contributed by atoms with Crippen molar-refractivity contribution >= 4 is 17.3 Å². The number of nitrogens with zero attached hydrogens (tertiary/aromatic N) is 2. The maximum absolute atomic E-state index is 12.2. The van der Waals surface area contributed by atoms with Crippen LogP contribution < -0.4 is 10.6 Å². The van der Waals surface area contributed by atoms with Crippen molar-refractivity contribution in [3.63, 3.8) is 0 Å². The average molecular weight is 306 g/mol. The fourth-order valence-corrected chi connectivity index (χ4v) is 2.00. The first kappa shape index (κ1) is 16.2. The summed E-state index contributed by atoms with van der Waals surface area (Å²) < 4.78 is 0. The van der Waals surface area contributed by atoms with Crippen molar-refractivity contribution in [2.75, 3.05) is 10.6 Å². The zero-order chi connectivity index (χ0) is 16.8. The molecule has 2 aromatic rings. The Morgan fingerprint density at radius 2 is 2.00 bits per heavy atom. The number of aryl methyl sites for hydroxylation is 3. The van der Waals surface area contributed by atoms with Gasteiger partial charge in [0.1, 0.15) is 11.6 Å². The number of nitrogens with one attached hydrogen (secondary N) is 2. The molecule has 0 saturated heterocycles. The van der Waals surface area contributed by atoms with E-state index in [1.165, 1.54) is 6.20 Å². The first-order valence-corrected chi connectivity index (χ1v) is 7.17. The van der Waals surface area contributed by atoms with E-state index in [1.807, 2.05) is 57.2 Å². The monoisotopic (exact) mass is 306 g/mol. The van der Waals surface area contributed by atoms with Gasteiger partial charge in [-0.25, -0.2) is 0 Å². The summed E-state index contributed by atoms with van der Waals surface area (Å²) in [6.07, 6.45) is 3.02. The number of amides is 1. The van der Waals surface area contributed by atoms with E-state index < -0.39 is 5.91 Å². The second-order valence-corrected chi connectivity index (χ2v) is 5.27. The van der Waals surface area contributed by atoms with Crippen LogP contribution in [-0.4, -0.2) is 10.9 Å². The molecule has 0 aliphatic carbocycles. The third-order valence-corrected chi connectivity index (χ3v) is 3.29. The quantitative estimate of drug-likeness (QED) is 0.670. The highest BCUT2D eigenvalue weighted by atomic mass is 16.1. The molecule has 0 aliphatic rings. The fraction of sp³-hybridized carbons (Fsp3) is 0.167. The van der Waals surface area contributed by atoms with Crippen molar-refractivity contribution in [3.05, 3.63) is 65.1 Å². The zero-order valence-electron chi connectivity index (χ0n) is 13.3. The lowest BCUT2D eigenvalue weighted by Gasteiger charge is -2.09. The third kappa shape index (κ3) is 4.42. The van der Waals surface area contributed by atoms with Gasteiger partial charge in [0.2, 0.25) is 0 Å². The maximum atomic E-state index is 12.2. The van der Waals surface area contributed by atoms with E-state index >= 15 is 0 Å². The molecule has 0 atom stereocenters. The van der Waals surface area contributed by atoms with Crippen molar-refractivity contribution in [1.29, 1.82) is 5.26 Å². The smallest absolute Gasteiger partial charge is 0.267 e. The summed E-state index contributed by atoms with van der Waals surface area (Å²) in [4.78, 5) is 16.3. The molecule has 2 N–H and O–H groups in total. The van der Waals surface area contributed by atoms with Crippen LogP contribution in [0, 0.1) is 32.1 Å². The van der Waals surface area contributed by atoms with E-state index in [0.717, 1.165) is 16.8 Å². The standard InChI is InChI=1S/C18H18N4O/c1-12-4-7-17(13(2)8-12)22-18(23)15(9-19)10-21-16-6-5-14(3)20-11-16/h4-8,10-11,21H,1-3H3,(H,22,23)/b15-10-. The van der Waals surface area contributed by atoms with E-state index in [4.69, 9.17) is 0 Å². The number of nitriles is 1. The number of carbonyl (C=O) groups is 1. The minimum absolute atomic E-state index is 0.00875. The van der Waals surface area contributed by atoms with Crippen LogP contribution in [0.4, 0.5) is 11.4 Å². The Balaban J connectivity index is 2.10. The van der Waals surface area contributed by atoms with Crippen LogP contribution in [0.25, 0.3) is 0 Å². The van der Waals surface area contributed by atoms with Gasteiger partial charge < -0.3 is 10.6 Å². The predicted molar refractivity (Wildman–Crippen MR) is 90.8 cm³/mol. The van der Waals surface area contributed by atoms with Gasteiger partial charge in [0.05, 0.1) is 11.9 Å². The summed E-state index contributed by atoms with van der Waals surface area (Å²) in [7, 11) is 0. The van der Waals surface area contributed by atoms with E-state index in [0.29, 0.717) is 11.4 Å². The molecule has 0 radical (unpaired) electrons. The van der Waals surface area contributed by atoms with Gasteiger partial charge in [-0.2, -0.15) is 5.26 Å². The van der Waals surface area contributed by atoms with Crippen LogP contribution in [0.5, 0.6) is 0 Å². The Kier molecular flexibility index (Phi) is 5.11. The molecule has 1 aromatic carbocycles. The predicted octanol–water partition coefficient (Wildman–Crippen LogP) is 3.46. The summed E-state index contributed by atoms with van der Waals surface area (Å²) >= 11 is 0. The number of rotatable bonds is 4. The maximum Gasteiger partial charge on any atom is 0.267 e. The number of pyridine rings is 1. The van der Waals surface area contributed by atoms with Crippen LogP contribution in [0.1, 0.15) is 16.8 Å². The topological polar surface area (TPSA) is 77.8 Å². The van der Waals surface area contributed by atoms with Gasteiger partial charge in [-0.3, -0.25) is 9.78 Å². The average Bonchev–Trinajstić information content (AvgIpc) is 2.52. The minimum atomic E-state index is -0.452. The van der Waals surface area contributed by atoms with Crippen molar-refractivity contribution < 1.29 is 4.79 Å². The summed E-state index contributed by atoms with van der Waals surface area (Å²) in [6.45, 7) is 5.78. The SMILES string of the molecule is Cc1ccc(NC(=O)/C(C#N)=C\Nc2ccc(C)nc2)c(C)c1. The minimum Gasteiger partial charge on any atom is -0.359 e. The number of aromatic nitrogens is 1. The number of hydrogen-bond acceptors (Lipinski definition) is 4. The zero-order valence-corrected chi connectivity index (χ0v) is 13.3. The first-order chi connectivity index (χ1) is 11.0. The second kappa shape index (κ2) is 7.23. The van der Waals surface area contributed by atoms with Gasteiger partial charge >= 0.3 is 0 Å². The van der Waals surface area contributed by atoms with Gasteiger partial charge in [-0.1, -0.05) is 17.7 Å². The van der Waals surface area contributed by atoms with Gasteiger partial charge in [0.25, 0.3) is 5.91 Å². The highest BCUT2D eigenvalue weighted by Crippen LogP contribution is 2.17. The summed E-state index contributed by atoms with van der Waals surface area (Å²) in [5.41, 5.74) is 4.36. The molecule has 116 valence electrons.